The molecule has 0 aromatic carbocycles. The minimum atomic E-state index is -2.92. The van der Waals surface area contributed by atoms with E-state index in [0.29, 0.717) is 30.6 Å². The Labute approximate surface area is 137 Å². The van der Waals surface area contributed by atoms with Gasteiger partial charge >= 0.3 is 0 Å². The van der Waals surface area contributed by atoms with Crippen LogP contribution in [0, 0.1) is 0 Å². The van der Waals surface area contributed by atoms with E-state index >= 15 is 0 Å². The molecular weight excluding hydrogens is 324 g/mol. The summed E-state index contributed by atoms with van der Waals surface area (Å²) >= 11 is 5.74. The third-order valence-corrected chi connectivity index (χ3v) is 4.04. The number of aliphatic imine (C=N–C) groups is 1. The van der Waals surface area contributed by atoms with Gasteiger partial charge in [-0.25, -0.2) is 13.4 Å². The van der Waals surface area contributed by atoms with Crippen LogP contribution in [0.15, 0.2) is 23.3 Å². The van der Waals surface area contributed by atoms with Gasteiger partial charge in [0.25, 0.3) is 0 Å². The van der Waals surface area contributed by atoms with Crippen LogP contribution in [0.25, 0.3) is 0 Å². The van der Waals surface area contributed by atoms with Crippen molar-refractivity contribution < 1.29 is 8.42 Å². The lowest BCUT2D eigenvalue weighted by atomic mass is 10.2. The Morgan fingerprint density at radius 1 is 1.36 bits per heavy atom. The van der Waals surface area contributed by atoms with Gasteiger partial charge in [-0.15, -0.1) is 0 Å². The number of pyridine rings is 1. The van der Waals surface area contributed by atoms with E-state index in [2.05, 4.69) is 20.6 Å². The fourth-order valence-corrected chi connectivity index (χ4v) is 2.50. The first-order valence-electron chi connectivity index (χ1n) is 7.21. The Morgan fingerprint density at radius 2 is 2.14 bits per heavy atom. The second kappa shape index (κ2) is 9.63. The van der Waals surface area contributed by atoms with Crippen LogP contribution < -0.4 is 10.6 Å². The van der Waals surface area contributed by atoms with Gasteiger partial charge in [0.15, 0.2) is 5.96 Å². The molecule has 8 heteroatoms. The van der Waals surface area contributed by atoms with E-state index in [1.807, 2.05) is 13.0 Å². The number of hydrogen-bond acceptors (Lipinski definition) is 4. The highest BCUT2D eigenvalue weighted by Gasteiger charge is 2.02. The molecule has 0 saturated carbocycles. The number of aromatic nitrogens is 1. The summed E-state index contributed by atoms with van der Waals surface area (Å²) in [6.45, 7) is 3.92. The molecular formula is C14H23ClN4O2S. The summed E-state index contributed by atoms with van der Waals surface area (Å²) < 4.78 is 22.1. The Kier molecular flexibility index (Phi) is 8.19. The molecule has 0 aliphatic rings. The van der Waals surface area contributed by atoms with Gasteiger partial charge in [0, 0.05) is 32.1 Å². The van der Waals surface area contributed by atoms with Gasteiger partial charge in [-0.3, -0.25) is 4.99 Å². The van der Waals surface area contributed by atoms with Crippen LogP contribution in [0.4, 0.5) is 0 Å². The van der Waals surface area contributed by atoms with Gasteiger partial charge in [0.05, 0.1) is 5.75 Å². The van der Waals surface area contributed by atoms with Gasteiger partial charge in [-0.2, -0.15) is 0 Å². The van der Waals surface area contributed by atoms with E-state index in [9.17, 15) is 8.42 Å². The smallest absolute Gasteiger partial charge is 0.191 e. The number of nitrogens with one attached hydrogen (secondary N) is 2. The zero-order valence-corrected chi connectivity index (χ0v) is 14.5. The minimum Gasteiger partial charge on any atom is -0.357 e. The molecule has 0 bridgehead atoms. The zero-order valence-electron chi connectivity index (χ0n) is 13.0. The molecule has 1 heterocycles. The molecule has 1 aromatic heterocycles. The van der Waals surface area contributed by atoms with E-state index < -0.39 is 9.84 Å². The van der Waals surface area contributed by atoms with Crippen molar-refractivity contribution in [2.45, 2.75) is 19.8 Å². The van der Waals surface area contributed by atoms with Crippen molar-refractivity contribution >= 4 is 27.4 Å². The van der Waals surface area contributed by atoms with Gasteiger partial charge in [-0.05, 0) is 31.4 Å². The van der Waals surface area contributed by atoms with Crippen LogP contribution in [0.5, 0.6) is 0 Å². The number of halogens is 1. The lowest BCUT2D eigenvalue weighted by Gasteiger charge is -2.11. The van der Waals surface area contributed by atoms with Crippen molar-refractivity contribution in [1.29, 1.82) is 0 Å². The van der Waals surface area contributed by atoms with Crippen molar-refractivity contribution in [2.75, 3.05) is 31.6 Å². The minimum absolute atomic E-state index is 0.159. The predicted octanol–water partition coefficient (Wildman–Crippen LogP) is 1.27. The molecule has 0 saturated heterocycles. The van der Waals surface area contributed by atoms with Gasteiger partial charge in [0.1, 0.15) is 15.0 Å². The number of hydrogen-bond donors (Lipinski definition) is 2. The molecule has 2 N–H and O–H groups in total. The standard InChI is InChI=1S/C14H23ClN4O2S/c1-3-16-14(17-8-4-10-22(2,20)21)18-9-7-12-5-6-13(15)19-11-12/h5-6,11H,3-4,7-10H2,1-2H3,(H2,16,17,18). The first kappa shape index (κ1) is 18.7. The fraction of sp³-hybridized carbons (Fsp3) is 0.571. The number of rotatable bonds is 8. The molecule has 0 fully saturated rings. The van der Waals surface area contributed by atoms with E-state index in [4.69, 9.17) is 11.6 Å². The van der Waals surface area contributed by atoms with Crippen molar-refractivity contribution in [1.82, 2.24) is 15.6 Å². The lowest BCUT2D eigenvalue weighted by Crippen LogP contribution is -2.38. The van der Waals surface area contributed by atoms with Crippen molar-refractivity contribution in [2.24, 2.45) is 4.99 Å². The molecule has 124 valence electrons. The average molecular weight is 347 g/mol. The normalized spacial score (nSPS) is 12.2. The first-order valence-corrected chi connectivity index (χ1v) is 9.65. The molecule has 0 aliphatic heterocycles. The first-order chi connectivity index (χ1) is 10.4. The van der Waals surface area contributed by atoms with Gasteiger partial charge in [0.2, 0.25) is 0 Å². The zero-order chi connectivity index (χ0) is 16.4. The monoisotopic (exact) mass is 346 g/mol. The van der Waals surface area contributed by atoms with Crippen molar-refractivity contribution in [3.8, 4) is 0 Å². The largest absolute Gasteiger partial charge is 0.357 e. The Morgan fingerprint density at radius 3 is 2.73 bits per heavy atom. The lowest BCUT2D eigenvalue weighted by molar-refractivity contribution is 0.599. The van der Waals surface area contributed by atoms with Crippen LogP contribution in [0.3, 0.4) is 0 Å². The topological polar surface area (TPSA) is 83.5 Å². The molecule has 0 unspecified atom stereocenters. The summed E-state index contributed by atoms with van der Waals surface area (Å²) in [5.41, 5.74) is 1.09. The second-order valence-electron chi connectivity index (χ2n) is 4.91. The second-order valence-corrected chi connectivity index (χ2v) is 7.56. The summed E-state index contributed by atoms with van der Waals surface area (Å²) in [6.07, 6.45) is 4.31. The summed E-state index contributed by atoms with van der Waals surface area (Å²) in [5, 5.41) is 6.82. The maximum absolute atomic E-state index is 11.1. The fourth-order valence-electron chi connectivity index (χ4n) is 1.74. The molecule has 1 rings (SSSR count). The number of sulfone groups is 1. The average Bonchev–Trinajstić information content (AvgIpc) is 2.44. The van der Waals surface area contributed by atoms with Gasteiger partial charge in [-0.1, -0.05) is 17.7 Å². The molecule has 0 atom stereocenters. The third kappa shape index (κ3) is 8.84. The van der Waals surface area contributed by atoms with Crippen LogP contribution in [-0.4, -0.2) is 51.0 Å². The van der Waals surface area contributed by atoms with Crippen LogP contribution in [0.2, 0.25) is 5.15 Å². The van der Waals surface area contributed by atoms with Crippen LogP contribution in [-0.2, 0) is 16.3 Å². The van der Waals surface area contributed by atoms with Crippen molar-refractivity contribution in [3.05, 3.63) is 29.0 Å². The van der Waals surface area contributed by atoms with E-state index in [1.165, 1.54) is 6.26 Å². The maximum Gasteiger partial charge on any atom is 0.191 e. The summed E-state index contributed by atoms with van der Waals surface area (Å²) in [6, 6.07) is 3.70. The highest BCUT2D eigenvalue weighted by atomic mass is 35.5. The summed E-state index contributed by atoms with van der Waals surface area (Å²) in [5.74, 6) is 0.852. The van der Waals surface area contributed by atoms with Crippen molar-refractivity contribution in [3.63, 3.8) is 0 Å². The van der Waals surface area contributed by atoms with Crippen LogP contribution >= 0.6 is 11.6 Å². The number of guanidine groups is 1. The molecule has 0 spiro atoms. The van der Waals surface area contributed by atoms with Crippen LogP contribution in [0.1, 0.15) is 18.9 Å². The predicted molar refractivity (Wildman–Crippen MR) is 91.3 cm³/mol. The highest BCUT2D eigenvalue weighted by molar-refractivity contribution is 7.90. The third-order valence-electron chi connectivity index (χ3n) is 2.78. The van der Waals surface area contributed by atoms with E-state index in [0.717, 1.165) is 18.5 Å². The maximum atomic E-state index is 11.1. The SMILES string of the molecule is CCNC(=NCCCS(C)(=O)=O)NCCc1ccc(Cl)nc1. The van der Waals surface area contributed by atoms with E-state index in [1.54, 1.807) is 12.3 Å². The van der Waals surface area contributed by atoms with Gasteiger partial charge < -0.3 is 10.6 Å². The Hall–Kier alpha value is -1.34. The molecule has 1 aromatic rings. The quantitative estimate of drug-likeness (QED) is 0.320. The molecule has 0 radical (unpaired) electrons. The molecule has 22 heavy (non-hydrogen) atoms. The Balaban J connectivity index is 2.38. The molecule has 0 aliphatic carbocycles. The number of nitrogens with zero attached hydrogens (tertiary/aromatic N) is 2. The molecule has 6 nitrogen and oxygen atoms in total. The summed E-state index contributed by atoms with van der Waals surface area (Å²) in [7, 11) is -2.92. The Bertz CT molecular complexity index is 573. The molecule has 0 amide bonds. The van der Waals surface area contributed by atoms with E-state index in [-0.39, 0.29) is 5.75 Å². The highest BCUT2D eigenvalue weighted by Crippen LogP contribution is 2.05. The summed E-state index contributed by atoms with van der Waals surface area (Å²) in [4.78, 5) is 8.39.